The molecule has 0 radical (unpaired) electrons. The number of hydrogen-bond acceptors (Lipinski definition) is 3. The van der Waals surface area contributed by atoms with Crippen molar-refractivity contribution in [1.82, 2.24) is 0 Å². The van der Waals surface area contributed by atoms with Gasteiger partial charge in [-0.05, 0) is 76.3 Å². The van der Waals surface area contributed by atoms with Crippen molar-refractivity contribution >= 4 is 62.9 Å². The molecule has 0 spiro atoms. The molecule has 0 atom stereocenters. The van der Waals surface area contributed by atoms with Crippen molar-refractivity contribution in [3.05, 3.63) is 99.0 Å². The second-order valence-corrected chi connectivity index (χ2v) is 8.01. The third-order valence-electron chi connectivity index (χ3n) is 3.99. The fourth-order valence-corrected chi connectivity index (χ4v) is 4.23. The molecule has 4 rings (SSSR count). The number of amidine groups is 1. The van der Waals surface area contributed by atoms with E-state index < -0.39 is 0 Å². The van der Waals surface area contributed by atoms with Crippen LogP contribution in [0.5, 0.6) is 0 Å². The molecule has 5 heteroatoms. The van der Waals surface area contributed by atoms with Crippen LogP contribution in [0.4, 0.5) is 11.4 Å². The van der Waals surface area contributed by atoms with Gasteiger partial charge >= 0.3 is 0 Å². The van der Waals surface area contributed by atoms with Crippen LogP contribution < -0.4 is 4.90 Å². The number of halogens is 1. The number of hydrogen-bond donors (Lipinski definition) is 0. The molecule has 0 N–H and O–H groups in total. The first-order chi connectivity index (χ1) is 13.2. The second kappa shape index (κ2) is 8.10. The molecular formula is C22H15IN2OS. The van der Waals surface area contributed by atoms with E-state index in [2.05, 4.69) is 22.6 Å². The highest BCUT2D eigenvalue weighted by atomic mass is 127. The minimum atomic E-state index is -0.0551. The first-order valence-corrected chi connectivity index (χ1v) is 10.3. The van der Waals surface area contributed by atoms with Crippen LogP contribution >= 0.6 is 34.4 Å². The maximum atomic E-state index is 13.2. The Morgan fingerprint density at radius 2 is 1.48 bits per heavy atom. The Hall–Kier alpha value is -2.38. The van der Waals surface area contributed by atoms with E-state index in [0.29, 0.717) is 10.1 Å². The summed E-state index contributed by atoms with van der Waals surface area (Å²) >= 11 is 3.69. The molecule has 0 bridgehead atoms. The lowest BCUT2D eigenvalue weighted by atomic mass is 10.2. The standard InChI is InChI=1S/C22H15IN2OS/c23-19-14-8-7-9-16(19)15-20-21(26)25(18-12-5-2-6-13-18)22(27-20)24-17-10-3-1-4-11-17/h1-15H/b20-15-,24-22?. The number of amides is 1. The molecule has 3 aromatic carbocycles. The summed E-state index contributed by atoms with van der Waals surface area (Å²) in [6, 6.07) is 27.4. The average Bonchev–Trinajstić information content (AvgIpc) is 3.00. The predicted octanol–water partition coefficient (Wildman–Crippen LogP) is 6.10. The molecule has 0 aliphatic carbocycles. The van der Waals surface area contributed by atoms with Crippen molar-refractivity contribution in [2.75, 3.05) is 4.90 Å². The van der Waals surface area contributed by atoms with Gasteiger partial charge < -0.3 is 0 Å². The van der Waals surface area contributed by atoms with Crippen LogP contribution in [0.2, 0.25) is 0 Å². The van der Waals surface area contributed by atoms with E-state index in [1.165, 1.54) is 11.8 Å². The van der Waals surface area contributed by atoms with E-state index in [-0.39, 0.29) is 5.91 Å². The minimum Gasteiger partial charge on any atom is -0.268 e. The molecule has 1 heterocycles. The Balaban J connectivity index is 1.79. The predicted molar refractivity (Wildman–Crippen MR) is 122 cm³/mol. The molecule has 3 aromatic rings. The molecule has 27 heavy (non-hydrogen) atoms. The Labute approximate surface area is 176 Å². The minimum absolute atomic E-state index is 0.0551. The maximum absolute atomic E-state index is 13.2. The number of benzene rings is 3. The molecule has 0 unspecified atom stereocenters. The Bertz CT molecular complexity index is 1030. The molecule has 0 saturated carbocycles. The zero-order chi connectivity index (χ0) is 18.6. The van der Waals surface area contributed by atoms with Crippen LogP contribution in [0.15, 0.2) is 94.8 Å². The first kappa shape index (κ1) is 18.0. The Morgan fingerprint density at radius 3 is 2.19 bits per heavy atom. The van der Waals surface area contributed by atoms with Gasteiger partial charge in [0.2, 0.25) is 0 Å². The molecule has 1 aliphatic heterocycles. The number of nitrogens with zero attached hydrogens (tertiary/aromatic N) is 2. The van der Waals surface area contributed by atoms with Gasteiger partial charge in [-0.25, -0.2) is 4.99 Å². The van der Waals surface area contributed by atoms with E-state index in [1.54, 1.807) is 4.90 Å². The Morgan fingerprint density at radius 1 is 0.852 bits per heavy atom. The zero-order valence-electron chi connectivity index (χ0n) is 14.2. The summed E-state index contributed by atoms with van der Waals surface area (Å²) in [6.07, 6.45) is 1.94. The van der Waals surface area contributed by atoms with Crippen molar-refractivity contribution in [3.63, 3.8) is 0 Å². The lowest BCUT2D eigenvalue weighted by Crippen LogP contribution is -2.28. The van der Waals surface area contributed by atoms with Crippen LogP contribution in [0, 0.1) is 3.57 Å². The highest BCUT2D eigenvalue weighted by molar-refractivity contribution is 14.1. The van der Waals surface area contributed by atoms with Gasteiger partial charge in [-0.2, -0.15) is 0 Å². The molecular weight excluding hydrogens is 467 g/mol. The summed E-state index contributed by atoms with van der Waals surface area (Å²) < 4.78 is 1.11. The van der Waals surface area contributed by atoms with Crippen LogP contribution in [-0.4, -0.2) is 11.1 Å². The molecule has 0 aromatic heterocycles. The largest absolute Gasteiger partial charge is 0.271 e. The fourth-order valence-electron chi connectivity index (χ4n) is 2.70. The first-order valence-electron chi connectivity index (χ1n) is 8.40. The monoisotopic (exact) mass is 482 g/mol. The van der Waals surface area contributed by atoms with Gasteiger partial charge in [0, 0.05) is 3.57 Å². The molecule has 1 amide bonds. The van der Waals surface area contributed by atoms with Gasteiger partial charge in [-0.15, -0.1) is 0 Å². The third kappa shape index (κ3) is 3.99. The zero-order valence-corrected chi connectivity index (χ0v) is 17.2. The lowest BCUT2D eigenvalue weighted by Gasteiger charge is -2.15. The summed E-state index contributed by atoms with van der Waals surface area (Å²) in [7, 11) is 0. The van der Waals surface area contributed by atoms with E-state index >= 15 is 0 Å². The van der Waals surface area contributed by atoms with E-state index in [9.17, 15) is 4.79 Å². The summed E-state index contributed by atoms with van der Waals surface area (Å²) in [5.41, 5.74) is 2.67. The average molecular weight is 482 g/mol. The normalized spacial score (nSPS) is 17.1. The van der Waals surface area contributed by atoms with Crippen LogP contribution in [0.3, 0.4) is 0 Å². The Kier molecular flexibility index (Phi) is 5.40. The highest BCUT2D eigenvalue weighted by Gasteiger charge is 2.34. The quantitative estimate of drug-likeness (QED) is 0.334. The highest BCUT2D eigenvalue weighted by Crippen LogP contribution is 2.37. The van der Waals surface area contributed by atoms with Gasteiger partial charge in [-0.3, -0.25) is 9.69 Å². The number of anilines is 1. The lowest BCUT2D eigenvalue weighted by molar-refractivity contribution is -0.113. The molecule has 1 aliphatic rings. The van der Waals surface area contributed by atoms with E-state index in [1.807, 2.05) is 91.0 Å². The number of rotatable bonds is 3. The van der Waals surface area contributed by atoms with E-state index in [4.69, 9.17) is 4.99 Å². The summed E-state index contributed by atoms with van der Waals surface area (Å²) in [5.74, 6) is -0.0551. The van der Waals surface area contributed by atoms with Gasteiger partial charge in [0.1, 0.15) is 0 Å². The fraction of sp³-hybridized carbons (Fsp3) is 0. The maximum Gasteiger partial charge on any atom is 0.271 e. The molecule has 132 valence electrons. The number of aliphatic imine (C=N–C) groups is 1. The van der Waals surface area contributed by atoms with Crippen LogP contribution in [0.25, 0.3) is 6.08 Å². The SMILES string of the molecule is O=C1/C(=C/c2ccccc2I)SC(=Nc2ccccc2)N1c1ccccc1. The second-order valence-electron chi connectivity index (χ2n) is 5.84. The number of para-hydroxylation sites is 2. The van der Waals surface area contributed by atoms with E-state index in [0.717, 1.165) is 20.5 Å². The van der Waals surface area contributed by atoms with Gasteiger partial charge in [0.25, 0.3) is 5.91 Å². The van der Waals surface area contributed by atoms with Crippen molar-refractivity contribution in [2.45, 2.75) is 0 Å². The topological polar surface area (TPSA) is 32.7 Å². The number of thioether (sulfide) groups is 1. The third-order valence-corrected chi connectivity index (χ3v) is 5.94. The van der Waals surface area contributed by atoms with Crippen LogP contribution in [-0.2, 0) is 4.79 Å². The van der Waals surface area contributed by atoms with Crippen molar-refractivity contribution in [1.29, 1.82) is 0 Å². The number of carbonyl (C=O) groups is 1. The van der Waals surface area contributed by atoms with Crippen LogP contribution in [0.1, 0.15) is 5.56 Å². The van der Waals surface area contributed by atoms with Crippen molar-refractivity contribution in [2.24, 2.45) is 4.99 Å². The summed E-state index contributed by atoms with van der Waals surface area (Å²) in [5, 5.41) is 0.662. The molecule has 3 nitrogen and oxygen atoms in total. The molecule has 1 fully saturated rings. The number of carbonyl (C=O) groups excluding carboxylic acids is 1. The smallest absolute Gasteiger partial charge is 0.268 e. The van der Waals surface area contributed by atoms with Crippen molar-refractivity contribution in [3.8, 4) is 0 Å². The van der Waals surface area contributed by atoms with Gasteiger partial charge in [-0.1, -0.05) is 54.6 Å². The van der Waals surface area contributed by atoms with Gasteiger partial charge in [0.15, 0.2) is 5.17 Å². The summed E-state index contributed by atoms with van der Waals surface area (Å²) in [6.45, 7) is 0. The molecule has 1 saturated heterocycles. The summed E-state index contributed by atoms with van der Waals surface area (Å²) in [4.78, 5) is 20.2. The van der Waals surface area contributed by atoms with Gasteiger partial charge in [0.05, 0.1) is 16.3 Å². The van der Waals surface area contributed by atoms with Crippen molar-refractivity contribution < 1.29 is 4.79 Å².